The molecule has 0 atom stereocenters. The molecule has 0 aromatic carbocycles. The Hall–Kier alpha value is 0.540. The van der Waals surface area contributed by atoms with Gasteiger partial charge in [-0.3, -0.25) is 0 Å². The number of rotatable bonds is 1. The first kappa shape index (κ1) is 25.7. The van der Waals surface area contributed by atoms with Crippen LogP contribution in [0.4, 0.5) is 0 Å². The summed E-state index contributed by atoms with van der Waals surface area (Å²) in [7, 11) is 0. The van der Waals surface area contributed by atoms with Crippen LogP contribution in [0, 0.1) is 0 Å². The Balaban J connectivity index is -0.0000000150. The predicted molar refractivity (Wildman–Crippen MR) is 38.7 cm³/mol. The summed E-state index contributed by atoms with van der Waals surface area (Å²) in [6.45, 7) is 4.36. The third-order valence-electron chi connectivity index (χ3n) is 0.500. The molecule has 0 bridgehead atoms. The molecule has 0 heterocycles. The van der Waals surface area contributed by atoms with Crippen LogP contribution in [-0.4, -0.2) is 5.48 Å². The average Bonchev–Trinajstić information content (AvgIpc) is 1.37. The van der Waals surface area contributed by atoms with Crippen molar-refractivity contribution in [1.82, 2.24) is 0 Å². The average molecular weight is 149 g/mol. The lowest BCUT2D eigenvalue weighted by atomic mass is 10.4. The highest BCUT2D eigenvalue weighted by Gasteiger charge is 1.56. The van der Waals surface area contributed by atoms with Crippen LogP contribution < -0.4 is 0 Å². The fraction of sp³-hybridized carbons (Fsp3) is 1.00. The standard InChI is InChI=1S/C4H10.2ClH.H2O/c1-3-4-2;;;/h3-4H2,1-2H3;2*1H;1H2. The third kappa shape index (κ3) is 56.8. The van der Waals surface area contributed by atoms with Gasteiger partial charge in [-0.2, -0.15) is 0 Å². The molecule has 3 heteroatoms. The Morgan fingerprint density at radius 3 is 1.00 bits per heavy atom. The van der Waals surface area contributed by atoms with E-state index in [0.717, 1.165) is 0 Å². The van der Waals surface area contributed by atoms with Gasteiger partial charge in [-0.25, -0.2) is 0 Å². The van der Waals surface area contributed by atoms with Crippen LogP contribution in [0.25, 0.3) is 0 Å². The minimum Gasteiger partial charge on any atom is -0.412 e. The Kier molecular flexibility index (Phi) is 114. The first-order chi connectivity index (χ1) is 1.91. The summed E-state index contributed by atoms with van der Waals surface area (Å²) in [5, 5.41) is 0. The molecule has 0 aromatic heterocycles. The highest BCUT2D eigenvalue weighted by molar-refractivity contribution is 5.85. The molecule has 0 fully saturated rings. The Morgan fingerprint density at radius 1 is 0.857 bits per heavy atom. The summed E-state index contributed by atoms with van der Waals surface area (Å²) in [4.78, 5) is 0. The van der Waals surface area contributed by atoms with E-state index in [1.807, 2.05) is 0 Å². The molecule has 0 saturated carbocycles. The summed E-state index contributed by atoms with van der Waals surface area (Å²) in [5.41, 5.74) is 0. The van der Waals surface area contributed by atoms with Gasteiger partial charge in [0.15, 0.2) is 0 Å². The van der Waals surface area contributed by atoms with E-state index in [0.29, 0.717) is 0 Å². The molecule has 0 aliphatic carbocycles. The SMILES string of the molecule is CCCC.Cl.Cl.O. The molecule has 0 spiro atoms. The monoisotopic (exact) mass is 148 g/mol. The van der Waals surface area contributed by atoms with Crippen LogP contribution in [0.1, 0.15) is 26.7 Å². The van der Waals surface area contributed by atoms with Crippen LogP contribution in [0.5, 0.6) is 0 Å². The largest absolute Gasteiger partial charge is 0.412 e. The third-order valence-corrected chi connectivity index (χ3v) is 0.500. The normalized spacial score (nSPS) is 4.29. The van der Waals surface area contributed by atoms with Gasteiger partial charge in [-0.15, -0.1) is 24.8 Å². The zero-order chi connectivity index (χ0) is 3.41. The highest BCUT2D eigenvalue weighted by Crippen LogP contribution is 1.76. The van der Waals surface area contributed by atoms with Crippen molar-refractivity contribution in [3.8, 4) is 0 Å². The molecular formula is C4H14Cl2O. The summed E-state index contributed by atoms with van der Waals surface area (Å²) < 4.78 is 0. The summed E-state index contributed by atoms with van der Waals surface area (Å²) >= 11 is 0. The number of hydrogen-bond acceptors (Lipinski definition) is 0. The molecule has 50 valence electrons. The second-order valence-corrected chi connectivity index (χ2v) is 1.000. The fourth-order valence-electron chi connectivity index (χ4n) is 0. The molecular weight excluding hydrogens is 135 g/mol. The first-order valence-electron chi connectivity index (χ1n) is 1.91. The molecule has 0 unspecified atom stereocenters. The number of hydrogen-bond donors (Lipinski definition) is 0. The van der Waals surface area contributed by atoms with Crippen molar-refractivity contribution in [2.45, 2.75) is 26.7 Å². The quantitative estimate of drug-likeness (QED) is 0.544. The first-order valence-corrected chi connectivity index (χ1v) is 1.91. The van der Waals surface area contributed by atoms with E-state index < -0.39 is 0 Å². The van der Waals surface area contributed by atoms with E-state index in [4.69, 9.17) is 0 Å². The molecule has 0 radical (unpaired) electrons. The van der Waals surface area contributed by atoms with Crippen molar-refractivity contribution in [1.29, 1.82) is 0 Å². The van der Waals surface area contributed by atoms with Crippen LogP contribution in [0.15, 0.2) is 0 Å². The second kappa shape index (κ2) is 31.1. The summed E-state index contributed by atoms with van der Waals surface area (Å²) in [5.74, 6) is 0. The van der Waals surface area contributed by atoms with Crippen molar-refractivity contribution >= 4 is 24.8 Å². The Bertz CT molecular complexity index is 11.7. The minimum absolute atomic E-state index is 0. The molecule has 0 amide bonds. The van der Waals surface area contributed by atoms with Crippen LogP contribution in [0.3, 0.4) is 0 Å². The van der Waals surface area contributed by atoms with E-state index in [9.17, 15) is 0 Å². The fourth-order valence-corrected chi connectivity index (χ4v) is 0. The Morgan fingerprint density at radius 2 is 1.00 bits per heavy atom. The molecule has 0 aliphatic heterocycles. The molecule has 0 aromatic rings. The van der Waals surface area contributed by atoms with Crippen molar-refractivity contribution in [3.63, 3.8) is 0 Å². The lowest BCUT2D eigenvalue weighted by molar-refractivity contribution is 0.824. The van der Waals surface area contributed by atoms with E-state index in [-0.39, 0.29) is 30.3 Å². The van der Waals surface area contributed by atoms with Gasteiger partial charge in [0.25, 0.3) is 0 Å². The smallest absolute Gasteiger partial charge is 0.0564 e. The summed E-state index contributed by atoms with van der Waals surface area (Å²) in [6, 6.07) is 0. The Labute approximate surface area is 57.6 Å². The highest BCUT2D eigenvalue weighted by atomic mass is 35.5. The van der Waals surface area contributed by atoms with Crippen LogP contribution in [0.2, 0.25) is 0 Å². The van der Waals surface area contributed by atoms with E-state index in [1.165, 1.54) is 12.8 Å². The van der Waals surface area contributed by atoms with Gasteiger partial charge in [0, 0.05) is 0 Å². The molecule has 0 rings (SSSR count). The van der Waals surface area contributed by atoms with Crippen molar-refractivity contribution < 1.29 is 5.48 Å². The maximum atomic E-state index is 2.18. The minimum atomic E-state index is 0. The van der Waals surface area contributed by atoms with Gasteiger partial charge in [-0.05, 0) is 0 Å². The predicted octanol–water partition coefficient (Wildman–Crippen LogP) is 1.83. The van der Waals surface area contributed by atoms with Crippen molar-refractivity contribution in [2.24, 2.45) is 0 Å². The van der Waals surface area contributed by atoms with Gasteiger partial charge in [0.1, 0.15) is 0 Å². The lowest BCUT2D eigenvalue weighted by Gasteiger charge is -1.68. The van der Waals surface area contributed by atoms with E-state index in [2.05, 4.69) is 13.8 Å². The number of unbranched alkanes of at least 4 members (excludes halogenated alkanes) is 1. The summed E-state index contributed by atoms with van der Waals surface area (Å²) in [6.07, 6.45) is 2.64. The lowest BCUT2D eigenvalue weighted by Crippen LogP contribution is -1.47. The zero-order valence-corrected chi connectivity index (χ0v) is 6.36. The van der Waals surface area contributed by atoms with E-state index >= 15 is 0 Å². The van der Waals surface area contributed by atoms with Crippen molar-refractivity contribution in [3.05, 3.63) is 0 Å². The molecule has 7 heavy (non-hydrogen) atoms. The molecule has 1 nitrogen and oxygen atoms in total. The molecule has 2 N–H and O–H groups in total. The molecule has 0 saturated heterocycles. The van der Waals surface area contributed by atoms with Gasteiger partial charge in [0.2, 0.25) is 0 Å². The number of halogens is 2. The molecule has 0 aliphatic rings. The van der Waals surface area contributed by atoms with Gasteiger partial charge < -0.3 is 5.48 Å². The van der Waals surface area contributed by atoms with Gasteiger partial charge in [0.05, 0.1) is 0 Å². The van der Waals surface area contributed by atoms with Gasteiger partial charge in [-0.1, -0.05) is 26.7 Å². The maximum Gasteiger partial charge on any atom is -0.0564 e. The van der Waals surface area contributed by atoms with Crippen LogP contribution in [-0.2, 0) is 0 Å². The van der Waals surface area contributed by atoms with E-state index in [1.54, 1.807) is 0 Å². The maximum absolute atomic E-state index is 2.18. The topological polar surface area (TPSA) is 31.5 Å². The van der Waals surface area contributed by atoms with Gasteiger partial charge >= 0.3 is 0 Å². The second-order valence-electron chi connectivity index (χ2n) is 1.000. The van der Waals surface area contributed by atoms with Crippen LogP contribution >= 0.6 is 24.8 Å². The zero-order valence-electron chi connectivity index (χ0n) is 4.73. The van der Waals surface area contributed by atoms with Crippen molar-refractivity contribution in [2.75, 3.05) is 0 Å².